The van der Waals surface area contributed by atoms with Crippen molar-refractivity contribution in [3.05, 3.63) is 0 Å². The molecule has 0 aromatic heterocycles. The summed E-state index contributed by atoms with van der Waals surface area (Å²) in [6.45, 7) is 21.3. The Balaban J connectivity index is 3.27. The number of ether oxygens (including phenoxy) is 1. The standard InChI is InChI=1S/C19H52BN3O8Si6/c1-32(2,20)27-37(29-34(5,6)25,19-23-14-16-26-17-15-23)31-35(7,8)30-36(9,28-33(3,4)24)18-10-12-22-13-11-21/h22,24-25H,10-19,21H2,1-9H3. The average molecular weight is 630 g/mol. The smallest absolute Gasteiger partial charge is 0.424 e. The molecule has 1 fully saturated rings. The summed E-state index contributed by atoms with van der Waals surface area (Å²) >= 11 is 0. The third kappa shape index (κ3) is 16.7. The van der Waals surface area contributed by atoms with E-state index >= 15 is 0 Å². The molecule has 5 N–H and O–H groups in total. The van der Waals surface area contributed by atoms with Crippen molar-refractivity contribution in [1.29, 1.82) is 0 Å². The first-order valence-corrected chi connectivity index (χ1v) is 29.1. The van der Waals surface area contributed by atoms with E-state index in [0.717, 1.165) is 19.5 Å². The molecule has 1 saturated heterocycles. The van der Waals surface area contributed by atoms with Crippen molar-refractivity contribution >= 4 is 58.7 Å². The van der Waals surface area contributed by atoms with Gasteiger partial charge in [-0.05, 0) is 64.8 Å². The molecule has 0 amide bonds. The fourth-order valence-electron chi connectivity index (χ4n) is 4.30. The van der Waals surface area contributed by atoms with Crippen LogP contribution in [0.4, 0.5) is 0 Å². The Hall–Kier alpha value is 0.926. The molecule has 1 aliphatic rings. The van der Waals surface area contributed by atoms with Crippen LogP contribution in [0.15, 0.2) is 0 Å². The largest absolute Gasteiger partial charge is 0.487 e. The number of nitrogens with zero attached hydrogens (tertiary/aromatic N) is 1. The molecule has 11 nitrogen and oxygen atoms in total. The highest BCUT2D eigenvalue weighted by atomic mass is 28.5. The summed E-state index contributed by atoms with van der Waals surface area (Å²) in [6.07, 6.45) is 1.21. The van der Waals surface area contributed by atoms with Crippen LogP contribution in [0.2, 0.25) is 65.0 Å². The zero-order valence-corrected chi connectivity index (χ0v) is 30.5. The Bertz CT molecular complexity index is 662. The number of rotatable bonds is 18. The third-order valence-electron chi connectivity index (χ3n) is 4.98. The van der Waals surface area contributed by atoms with Gasteiger partial charge in [0.2, 0.25) is 0 Å². The molecule has 1 rings (SSSR count). The zero-order chi connectivity index (χ0) is 28.6. The normalized spacial score (nSPS) is 20.0. The van der Waals surface area contributed by atoms with Gasteiger partial charge in [0.15, 0.2) is 0 Å². The molecule has 1 aliphatic heterocycles. The minimum absolute atomic E-state index is 0.392. The van der Waals surface area contributed by atoms with E-state index in [9.17, 15) is 9.59 Å². The van der Waals surface area contributed by atoms with Gasteiger partial charge in [-0.25, -0.2) is 0 Å². The van der Waals surface area contributed by atoms with Crippen molar-refractivity contribution in [2.45, 2.75) is 71.4 Å². The zero-order valence-electron chi connectivity index (χ0n) is 24.5. The van der Waals surface area contributed by atoms with Gasteiger partial charge in [0.25, 0.3) is 0 Å². The second-order valence-electron chi connectivity index (χ2n) is 11.8. The third-order valence-corrected chi connectivity index (χ3v) is 24.3. The molecule has 0 bridgehead atoms. The van der Waals surface area contributed by atoms with E-state index in [1.165, 1.54) is 0 Å². The molecular formula is C19H52BN3O8Si6. The van der Waals surface area contributed by atoms with Crippen LogP contribution >= 0.6 is 0 Å². The molecule has 0 aromatic carbocycles. The maximum atomic E-state index is 10.9. The van der Waals surface area contributed by atoms with E-state index in [-0.39, 0.29) is 0 Å². The monoisotopic (exact) mass is 629 g/mol. The number of nitrogens with one attached hydrogen (secondary N) is 1. The van der Waals surface area contributed by atoms with Crippen LogP contribution in [-0.4, -0.2) is 125 Å². The van der Waals surface area contributed by atoms with E-state index in [0.29, 0.717) is 45.1 Å². The van der Waals surface area contributed by atoms with Gasteiger partial charge in [-0.3, -0.25) is 4.90 Å². The van der Waals surface area contributed by atoms with Crippen LogP contribution < -0.4 is 11.1 Å². The van der Waals surface area contributed by atoms with Gasteiger partial charge in [0.05, 0.1) is 26.8 Å². The first kappa shape index (κ1) is 36.0. The Morgan fingerprint density at radius 2 is 1.41 bits per heavy atom. The van der Waals surface area contributed by atoms with Crippen LogP contribution in [0.25, 0.3) is 0 Å². The highest BCUT2D eigenvalue weighted by Crippen LogP contribution is 2.30. The molecule has 18 heteroatoms. The van der Waals surface area contributed by atoms with Crippen LogP contribution in [0.3, 0.4) is 0 Å². The second kappa shape index (κ2) is 14.7. The van der Waals surface area contributed by atoms with Crippen molar-refractivity contribution in [3.63, 3.8) is 0 Å². The summed E-state index contributed by atoms with van der Waals surface area (Å²) in [5.74, 6) is 0. The molecule has 0 saturated carbocycles. The summed E-state index contributed by atoms with van der Waals surface area (Å²) in [7, 11) is -11.6. The minimum atomic E-state index is -3.55. The highest BCUT2D eigenvalue weighted by Gasteiger charge is 2.55. The summed E-state index contributed by atoms with van der Waals surface area (Å²) in [5.41, 5.74) is 5.58. The fourth-order valence-corrected chi connectivity index (χ4v) is 27.9. The van der Waals surface area contributed by atoms with Crippen molar-refractivity contribution in [3.8, 4) is 0 Å². The van der Waals surface area contributed by atoms with Crippen LogP contribution in [0, 0.1) is 0 Å². The molecule has 0 aromatic rings. The van der Waals surface area contributed by atoms with Gasteiger partial charge >= 0.3 is 43.0 Å². The van der Waals surface area contributed by atoms with E-state index in [2.05, 4.69) is 10.2 Å². The minimum Gasteiger partial charge on any atom is -0.424 e. The molecular weight excluding hydrogens is 578 g/mol. The summed E-state index contributed by atoms with van der Waals surface area (Å²) < 4.78 is 38.4. The molecule has 0 spiro atoms. The molecule has 2 radical (unpaired) electrons. The average Bonchev–Trinajstić information content (AvgIpc) is 2.62. The number of hydrogen-bond acceptors (Lipinski definition) is 11. The number of hydrogen-bond donors (Lipinski definition) is 4. The van der Waals surface area contributed by atoms with Gasteiger partial charge in [-0.2, -0.15) is 0 Å². The highest BCUT2D eigenvalue weighted by molar-refractivity contribution is 7.14. The molecule has 2 unspecified atom stereocenters. The van der Waals surface area contributed by atoms with Crippen LogP contribution in [0.5, 0.6) is 0 Å². The topological polar surface area (TPSA) is 137 Å². The molecule has 2 atom stereocenters. The number of morpholine rings is 1. The lowest BCUT2D eigenvalue weighted by Crippen LogP contribution is -2.69. The lowest BCUT2D eigenvalue weighted by atomic mass is 10.5. The molecule has 218 valence electrons. The fraction of sp³-hybridized carbons (Fsp3) is 1.00. The SMILES string of the molecule is [B][Si](C)(C)O[Si](CN1CCOCC1)(O[Si](C)(C)O)O[Si](C)(C)O[Si](C)(CCCNCCN)O[Si](C)(C)O. The Kier molecular flexibility index (Phi) is 14.3. The van der Waals surface area contributed by atoms with Crippen molar-refractivity contribution in [2.75, 3.05) is 52.1 Å². The molecule has 37 heavy (non-hydrogen) atoms. The summed E-state index contributed by atoms with van der Waals surface area (Å²) in [6, 6.07) is 0.679. The first-order chi connectivity index (χ1) is 16.7. The van der Waals surface area contributed by atoms with E-state index in [1.54, 1.807) is 26.2 Å². The van der Waals surface area contributed by atoms with Gasteiger partial charge < -0.3 is 46.0 Å². The quantitative estimate of drug-likeness (QED) is 0.127. The van der Waals surface area contributed by atoms with E-state index < -0.39 is 51.2 Å². The molecule has 0 aliphatic carbocycles. The first-order valence-electron chi connectivity index (χ1n) is 13.1. The van der Waals surface area contributed by atoms with Gasteiger partial charge in [-0.1, -0.05) is 13.1 Å². The predicted octanol–water partition coefficient (Wildman–Crippen LogP) is 0.850. The van der Waals surface area contributed by atoms with E-state index in [4.69, 9.17) is 38.5 Å². The van der Waals surface area contributed by atoms with Gasteiger partial charge in [0.1, 0.15) is 8.19 Å². The van der Waals surface area contributed by atoms with Crippen molar-refractivity contribution in [2.24, 2.45) is 5.73 Å². The van der Waals surface area contributed by atoms with Crippen molar-refractivity contribution < 1.29 is 34.9 Å². The predicted molar refractivity (Wildman–Crippen MR) is 162 cm³/mol. The lowest BCUT2D eigenvalue weighted by Gasteiger charge is -2.46. The maximum absolute atomic E-state index is 10.9. The second-order valence-corrected chi connectivity index (χ2v) is 32.1. The van der Waals surface area contributed by atoms with Gasteiger partial charge in [-0.15, -0.1) is 0 Å². The Morgan fingerprint density at radius 3 is 1.89 bits per heavy atom. The number of nitrogens with two attached hydrogens (primary N) is 1. The Labute approximate surface area is 232 Å². The van der Waals surface area contributed by atoms with E-state index in [1.807, 2.05) is 32.7 Å². The van der Waals surface area contributed by atoms with Crippen LogP contribution in [0.1, 0.15) is 6.42 Å². The van der Waals surface area contributed by atoms with Gasteiger partial charge in [0, 0.05) is 26.2 Å². The van der Waals surface area contributed by atoms with Crippen molar-refractivity contribution in [1.82, 2.24) is 10.2 Å². The lowest BCUT2D eigenvalue weighted by molar-refractivity contribution is 0.0374. The van der Waals surface area contributed by atoms with Crippen LogP contribution in [-0.2, 0) is 25.3 Å². The molecule has 1 heterocycles. The summed E-state index contributed by atoms with van der Waals surface area (Å²) in [5, 5.41) is 3.30. The maximum Gasteiger partial charge on any atom is 0.487 e. The summed E-state index contributed by atoms with van der Waals surface area (Å²) in [4.78, 5) is 23.7. The Morgan fingerprint density at radius 1 is 0.838 bits per heavy atom.